The number of anilines is 1. The first-order valence-corrected chi connectivity index (χ1v) is 7.57. The fourth-order valence-corrected chi connectivity index (χ4v) is 3.27. The standard InChI is InChI=1S/C17H17N5O/c1-17(2)7-12-14(13(23)8-17)15(18)22(21-12)16-10-5-3-4-6-11(10)19-9-20-16/h3-6,9H,7-8,18H2,1-2H3. The molecule has 6 nitrogen and oxygen atoms in total. The zero-order valence-corrected chi connectivity index (χ0v) is 13.1. The second kappa shape index (κ2) is 4.62. The van der Waals surface area contributed by atoms with E-state index in [1.165, 1.54) is 6.33 Å². The number of aromatic nitrogens is 4. The van der Waals surface area contributed by atoms with Crippen LogP contribution in [0.2, 0.25) is 0 Å². The van der Waals surface area contributed by atoms with Gasteiger partial charge in [-0.3, -0.25) is 4.79 Å². The summed E-state index contributed by atoms with van der Waals surface area (Å²) in [6.07, 6.45) is 2.71. The molecular formula is C17H17N5O. The maximum atomic E-state index is 12.5. The second-order valence-corrected chi connectivity index (χ2v) is 6.77. The Morgan fingerprint density at radius 2 is 1.96 bits per heavy atom. The highest BCUT2D eigenvalue weighted by molar-refractivity contribution is 6.03. The van der Waals surface area contributed by atoms with Crippen molar-refractivity contribution in [1.82, 2.24) is 19.7 Å². The SMILES string of the molecule is CC1(C)CC(=O)c2c(nn(-c3ncnc4ccccc34)c2N)C1. The van der Waals surface area contributed by atoms with Gasteiger partial charge in [-0.25, -0.2) is 9.97 Å². The number of ketones is 1. The number of Topliss-reactive ketones (excluding diaryl/α,β-unsaturated/α-hetero) is 1. The number of para-hydroxylation sites is 1. The summed E-state index contributed by atoms with van der Waals surface area (Å²) < 4.78 is 1.58. The van der Waals surface area contributed by atoms with E-state index in [1.54, 1.807) is 4.68 Å². The maximum Gasteiger partial charge on any atom is 0.169 e. The molecule has 0 atom stereocenters. The Kier molecular flexibility index (Phi) is 2.78. The van der Waals surface area contributed by atoms with Gasteiger partial charge in [-0.15, -0.1) is 0 Å². The van der Waals surface area contributed by atoms with Crippen LogP contribution >= 0.6 is 0 Å². The first-order valence-electron chi connectivity index (χ1n) is 7.57. The molecule has 0 bridgehead atoms. The van der Waals surface area contributed by atoms with Crippen LogP contribution in [0.3, 0.4) is 0 Å². The molecular weight excluding hydrogens is 290 g/mol. The highest BCUT2D eigenvalue weighted by Gasteiger charge is 2.36. The minimum Gasteiger partial charge on any atom is -0.383 e. The molecule has 0 aliphatic heterocycles. The minimum absolute atomic E-state index is 0.0540. The van der Waals surface area contributed by atoms with E-state index in [4.69, 9.17) is 5.73 Å². The van der Waals surface area contributed by atoms with Gasteiger partial charge >= 0.3 is 0 Å². The number of nitrogens with zero attached hydrogens (tertiary/aromatic N) is 4. The molecule has 2 aromatic heterocycles. The van der Waals surface area contributed by atoms with Gasteiger partial charge in [0, 0.05) is 11.8 Å². The van der Waals surface area contributed by atoms with Crippen LogP contribution in [-0.2, 0) is 6.42 Å². The molecule has 1 aliphatic rings. The van der Waals surface area contributed by atoms with Crippen LogP contribution in [0.1, 0.15) is 36.3 Å². The molecule has 3 aromatic rings. The van der Waals surface area contributed by atoms with Crippen LogP contribution in [-0.4, -0.2) is 25.5 Å². The predicted octanol–water partition coefficient (Wildman–Crippen LogP) is 2.55. The van der Waals surface area contributed by atoms with Gasteiger partial charge in [0.25, 0.3) is 0 Å². The molecule has 6 heteroatoms. The number of nitrogens with two attached hydrogens (primary N) is 1. The van der Waals surface area contributed by atoms with Gasteiger partial charge in [0.1, 0.15) is 12.1 Å². The number of hydrogen-bond donors (Lipinski definition) is 1. The van der Waals surface area contributed by atoms with E-state index in [0.717, 1.165) is 23.0 Å². The Labute approximate surface area is 133 Å². The molecule has 116 valence electrons. The van der Waals surface area contributed by atoms with Crippen molar-refractivity contribution in [3.63, 3.8) is 0 Å². The van der Waals surface area contributed by atoms with E-state index in [1.807, 2.05) is 24.3 Å². The normalized spacial score (nSPS) is 16.5. The molecule has 4 rings (SSSR count). The fourth-order valence-electron chi connectivity index (χ4n) is 3.27. The predicted molar refractivity (Wildman–Crippen MR) is 87.5 cm³/mol. The third-order valence-electron chi connectivity index (χ3n) is 4.28. The Morgan fingerprint density at radius 3 is 2.78 bits per heavy atom. The maximum absolute atomic E-state index is 12.5. The molecule has 2 N–H and O–H groups in total. The molecule has 2 heterocycles. The summed E-state index contributed by atoms with van der Waals surface area (Å²) >= 11 is 0. The summed E-state index contributed by atoms with van der Waals surface area (Å²) in [6, 6.07) is 7.68. The van der Waals surface area contributed by atoms with Crippen molar-refractivity contribution in [2.24, 2.45) is 5.41 Å². The zero-order chi connectivity index (χ0) is 16.2. The van der Waals surface area contributed by atoms with Crippen molar-refractivity contribution in [3.05, 3.63) is 41.9 Å². The van der Waals surface area contributed by atoms with Crippen molar-refractivity contribution >= 4 is 22.5 Å². The third kappa shape index (κ3) is 2.10. The molecule has 0 spiro atoms. The number of nitrogen functional groups attached to an aromatic ring is 1. The first kappa shape index (κ1) is 13.9. The lowest BCUT2D eigenvalue weighted by atomic mass is 9.76. The van der Waals surface area contributed by atoms with Gasteiger partial charge in [-0.05, 0) is 24.0 Å². The summed E-state index contributed by atoms with van der Waals surface area (Å²) in [6.45, 7) is 4.15. The highest BCUT2D eigenvalue weighted by Crippen LogP contribution is 2.37. The van der Waals surface area contributed by atoms with E-state index in [0.29, 0.717) is 23.6 Å². The third-order valence-corrected chi connectivity index (χ3v) is 4.28. The van der Waals surface area contributed by atoms with Crippen LogP contribution in [0.15, 0.2) is 30.6 Å². The van der Waals surface area contributed by atoms with Gasteiger partial charge < -0.3 is 5.73 Å². The topological polar surface area (TPSA) is 86.7 Å². The molecule has 0 saturated carbocycles. The van der Waals surface area contributed by atoms with E-state index in [-0.39, 0.29) is 11.2 Å². The second-order valence-electron chi connectivity index (χ2n) is 6.77. The molecule has 0 fully saturated rings. The average Bonchev–Trinajstić information content (AvgIpc) is 2.82. The monoisotopic (exact) mass is 307 g/mol. The molecule has 0 unspecified atom stereocenters. The van der Waals surface area contributed by atoms with Crippen LogP contribution < -0.4 is 5.73 Å². The molecule has 0 amide bonds. The smallest absolute Gasteiger partial charge is 0.169 e. The van der Waals surface area contributed by atoms with Gasteiger partial charge in [0.05, 0.1) is 16.8 Å². The van der Waals surface area contributed by atoms with E-state index in [9.17, 15) is 4.79 Å². The lowest BCUT2D eigenvalue weighted by Gasteiger charge is -2.27. The summed E-state index contributed by atoms with van der Waals surface area (Å²) in [7, 11) is 0. The molecule has 1 aliphatic carbocycles. The van der Waals surface area contributed by atoms with Crippen LogP contribution in [0.5, 0.6) is 0 Å². The van der Waals surface area contributed by atoms with Crippen molar-refractivity contribution in [1.29, 1.82) is 0 Å². The minimum atomic E-state index is -0.0938. The van der Waals surface area contributed by atoms with Crippen molar-refractivity contribution < 1.29 is 4.79 Å². The van der Waals surface area contributed by atoms with Crippen LogP contribution in [0.4, 0.5) is 5.82 Å². The summed E-state index contributed by atoms with van der Waals surface area (Å²) in [4.78, 5) is 21.1. The highest BCUT2D eigenvalue weighted by atomic mass is 16.1. The van der Waals surface area contributed by atoms with Gasteiger partial charge in [0.2, 0.25) is 0 Å². The number of fused-ring (bicyclic) bond motifs is 2. The number of benzene rings is 1. The number of carbonyl (C=O) groups is 1. The largest absolute Gasteiger partial charge is 0.383 e. The van der Waals surface area contributed by atoms with Crippen LogP contribution in [0, 0.1) is 5.41 Å². The van der Waals surface area contributed by atoms with E-state index < -0.39 is 0 Å². The lowest BCUT2D eigenvalue weighted by Crippen LogP contribution is -2.26. The van der Waals surface area contributed by atoms with Gasteiger partial charge in [-0.1, -0.05) is 26.0 Å². The molecule has 0 saturated heterocycles. The molecule has 23 heavy (non-hydrogen) atoms. The Hall–Kier alpha value is -2.76. The Balaban J connectivity index is 1.96. The summed E-state index contributed by atoms with van der Waals surface area (Å²) in [5, 5.41) is 5.45. The van der Waals surface area contributed by atoms with Crippen molar-refractivity contribution in [2.45, 2.75) is 26.7 Å². The first-order chi connectivity index (χ1) is 11.0. The lowest BCUT2D eigenvalue weighted by molar-refractivity contribution is 0.0913. The quantitative estimate of drug-likeness (QED) is 0.746. The molecule has 0 radical (unpaired) electrons. The average molecular weight is 307 g/mol. The number of carbonyl (C=O) groups excluding carboxylic acids is 1. The Bertz CT molecular complexity index is 936. The number of rotatable bonds is 1. The van der Waals surface area contributed by atoms with Crippen LogP contribution in [0.25, 0.3) is 16.7 Å². The number of hydrogen-bond acceptors (Lipinski definition) is 5. The van der Waals surface area contributed by atoms with Crippen molar-refractivity contribution in [2.75, 3.05) is 5.73 Å². The van der Waals surface area contributed by atoms with Gasteiger partial charge in [-0.2, -0.15) is 9.78 Å². The fraction of sp³-hybridized carbons (Fsp3) is 0.294. The summed E-state index contributed by atoms with van der Waals surface area (Å²) in [5.74, 6) is 1.02. The van der Waals surface area contributed by atoms with Crippen molar-refractivity contribution in [3.8, 4) is 5.82 Å². The van der Waals surface area contributed by atoms with Gasteiger partial charge in [0.15, 0.2) is 11.6 Å². The Morgan fingerprint density at radius 1 is 1.17 bits per heavy atom. The zero-order valence-electron chi connectivity index (χ0n) is 13.1. The van der Waals surface area contributed by atoms with E-state index >= 15 is 0 Å². The molecule has 1 aromatic carbocycles. The summed E-state index contributed by atoms with van der Waals surface area (Å²) in [5.41, 5.74) is 8.27. The van der Waals surface area contributed by atoms with E-state index in [2.05, 4.69) is 28.9 Å².